The number of aromatic nitrogens is 1. The molecule has 8 nitrogen and oxygen atoms in total. The van der Waals surface area contributed by atoms with Crippen molar-refractivity contribution in [3.05, 3.63) is 94.9 Å². The summed E-state index contributed by atoms with van der Waals surface area (Å²) in [4.78, 5) is 16.2. The van der Waals surface area contributed by atoms with Crippen LogP contribution in [0.3, 0.4) is 0 Å². The van der Waals surface area contributed by atoms with E-state index in [9.17, 15) is 17.6 Å². The van der Waals surface area contributed by atoms with Crippen molar-refractivity contribution in [1.29, 1.82) is 0 Å². The molecule has 1 aromatic heterocycles. The number of carbonyl (C=O) groups excluding carboxylic acids is 1. The maximum atomic E-state index is 14.6. The van der Waals surface area contributed by atoms with Gasteiger partial charge in [-0.15, -0.1) is 12.4 Å². The molecular weight excluding hydrogens is 619 g/mol. The average molecular weight is 657 g/mol. The summed E-state index contributed by atoms with van der Waals surface area (Å²) in [6.45, 7) is 3.58. The van der Waals surface area contributed by atoms with Crippen LogP contribution in [-0.2, 0) is 37.9 Å². The molecule has 45 heavy (non-hydrogen) atoms. The van der Waals surface area contributed by atoms with Crippen LogP contribution in [0, 0.1) is 5.82 Å². The third-order valence-electron chi connectivity index (χ3n) is 8.83. The molecule has 0 aliphatic carbocycles. The van der Waals surface area contributed by atoms with Crippen LogP contribution in [0.25, 0.3) is 10.9 Å². The van der Waals surface area contributed by atoms with Crippen LogP contribution in [-0.4, -0.2) is 70.1 Å². The van der Waals surface area contributed by atoms with E-state index in [1.807, 2.05) is 24.3 Å². The molecule has 6 rings (SSSR count). The number of hydrogen-bond donors (Lipinski definition) is 0. The largest absolute Gasteiger partial charge is 0.493 e. The first-order valence-electron chi connectivity index (χ1n) is 14.9. The van der Waals surface area contributed by atoms with Crippen LogP contribution in [0.15, 0.2) is 71.6 Å². The number of sulfone groups is 1. The summed E-state index contributed by atoms with van der Waals surface area (Å²) in [6.07, 6.45) is 3.86. The molecule has 0 spiro atoms. The molecule has 0 saturated carbocycles. The van der Waals surface area contributed by atoms with E-state index in [1.54, 1.807) is 42.0 Å². The quantitative estimate of drug-likeness (QED) is 0.211. The molecule has 0 unspecified atom stereocenters. The number of fused-ring (bicyclic) bond motifs is 3. The Labute approximate surface area is 269 Å². The summed E-state index contributed by atoms with van der Waals surface area (Å²) in [5.41, 5.74) is 3.35. The van der Waals surface area contributed by atoms with Gasteiger partial charge in [0, 0.05) is 88.2 Å². The zero-order valence-corrected chi connectivity index (χ0v) is 27.1. The van der Waals surface area contributed by atoms with Crippen LogP contribution in [0.4, 0.5) is 4.39 Å². The molecule has 3 heterocycles. The van der Waals surface area contributed by atoms with Crippen LogP contribution < -0.4 is 4.74 Å². The van der Waals surface area contributed by atoms with Gasteiger partial charge in [-0.1, -0.05) is 18.2 Å². The van der Waals surface area contributed by atoms with Crippen molar-refractivity contribution in [2.75, 3.05) is 46.3 Å². The zero-order valence-electron chi connectivity index (χ0n) is 25.5. The zero-order chi connectivity index (χ0) is 30.9. The molecule has 0 bridgehead atoms. The first-order valence-corrected chi connectivity index (χ1v) is 16.8. The molecule has 1 saturated heterocycles. The number of halogens is 2. The minimum atomic E-state index is -3.43. The van der Waals surface area contributed by atoms with E-state index in [4.69, 9.17) is 14.2 Å². The maximum absolute atomic E-state index is 14.6. The normalized spacial score (nSPS) is 16.6. The Hall–Kier alpha value is -3.28. The molecule has 4 aromatic rings. The standard InChI is InChI=1S/C34H37FN2O6S.ClH/c1-41-34(12-17-42-18-13-34)25-19-26(35)21-27(20-25)43-16-6-14-36-15-11-32-30(23-36)29-22-28(44(2,39)40)9-10-31(29)37(32)33(38)24-7-4-3-5-8-24;/h3-5,7-10,19-22H,6,11-18,23H2,1-2H3;1H. The Bertz CT molecular complexity index is 1790. The second-order valence-corrected chi connectivity index (χ2v) is 13.6. The van der Waals surface area contributed by atoms with Crippen molar-refractivity contribution < 1.29 is 31.8 Å². The van der Waals surface area contributed by atoms with E-state index in [-0.39, 0.29) is 29.0 Å². The van der Waals surface area contributed by atoms with Crippen molar-refractivity contribution >= 4 is 39.1 Å². The number of methoxy groups -OCH3 is 1. The van der Waals surface area contributed by atoms with Crippen LogP contribution in [0.5, 0.6) is 5.75 Å². The highest BCUT2D eigenvalue weighted by atomic mass is 35.5. The van der Waals surface area contributed by atoms with Gasteiger partial charge in [0.2, 0.25) is 0 Å². The Kier molecular flexibility index (Phi) is 10.0. The molecule has 240 valence electrons. The summed E-state index contributed by atoms with van der Waals surface area (Å²) in [7, 11) is -1.78. The lowest BCUT2D eigenvalue weighted by Crippen LogP contribution is -2.35. The number of nitrogens with zero attached hydrogens (tertiary/aromatic N) is 2. The van der Waals surface area contributed by atoms with Crippen LogP contribution in [0.2, 0.25) is 0 Å². The minimum absolute atomic E-state index is 0. The Morgan fingerprint density at radius 3 is 2.51 bits per heavy atom. The van der Waals surface area contributed by atoms with Gasteiger partial charge in [0.25, 0.3) is 5.91 Å². The van der Waals surface area contributed by atoms with Crippen molar-refractivity contribution in [2.45, 2.75) is 42.7 Å². The number of rotatable bonds is 9. The van der Waals surface area contributed by atoms with Crippen LogP contribution in [0.1, 0.15) is 46.4 Å². The van der Waals surface area contributed by atoms with Gasteiger partial charge in [0.15, 0.2) is 9.84 Å². The fourth-order valence-electron chi connectivity index (χ4n) is 6.46. The molecular formula is C34H38ClFN2O6S. The van der Waals surface area contributed by atoms with Gasteiger partial charge >= 0.3 is 0 Å². The first kappa shape index (κ1) is 33.1. The first-order chi connectivity index (χ1) is 21.2. The van der Waals surface area contributed by atoms with Gasteiger partial charge < -0.3 is 14.2 Å². The molecule has 2 aliphatic rings. The predicted octanol–water partition coefficient (Wildman–Crippen LogP) is 5.77. The van der Waals surface area contributed by atoms with E-state index >= 15 is 0 Å². The summed E-state index contributed by atoms with van der Waals surface area (Å²) in [5, 5.41) is 0.778. The summed E-state index contributed by atoms with van der Waals surface area (Å²) >= 11 is 0. The molecule has 0 atom stereocenters. The molecule has 0 amide bonds. The Morgan fingerprint density at radius 1 is 1.04 bits per heavy atom. The van der Waals surface area contributed by atoms with Crippen molar-refractivity contribution in [2.24, 2.45) is 0 Å². The van der Waals surface area contributed by atoms with Crippen molar-refractivity contribution in [1.82, 2.24) is 9.47 Å². The maximum Gasteiger partial charge on any atom is 0.262 e. The van der Waals surface area contributed by atoms with Gasteiger partial charge in [-0.25, -0.2) is 12.8 Å². The summed E-state index contributed by atoms with van der Waals surface area (Å²) < 4.78 is 58.5. The van der Waals surface area contributed by atoms with Gasteiger partial charge in [-0.2, -0.15) is 0 Å². The molecule has 0 radical (unpaired) electrons. The molecule has 0 N–H and O–H groups in total. The predicted molar refractivity (Wildman–Crippen MR) is 173 cm³/mol. The van der Waals surface area contributed by atoms with E-state index in [0.29, 0.717) is 68.9 Å². The van der Waals surface area contributed by atoms with Gasteiger partial charge in [0.1, 0.15) is 11.6 Å². The summed E-state index contributed by atoms with van der Waals surface area (Å²) in [6, 6.07) is 18.9. The van der Waals surface area contributed by atoms with E-state index in [2.05, 4.69) is 4.90 Å². The van der Waals surface area contributed by atoms with Gasteiger partial charge in [0.05, 0.1) is 22.6 Å². The number of ether oxygens (including phenoxy) is 3. The fourth-order valence-corrected chi connectivity index (χ4v) is 7.10. The van der Waals surface area contributed by atoms with E-state index in [0.717, 1.165) is 35.3 Å². The molecule has 1 fully saturated rings. The minimum Gasteiger partial charge on any atom is -0.493 e. The number of carbonyl (C=O) groups is 1. The highest BCUT2D eigenvalue weighted by Crippen LogP contribution is 2.38. The highest BCUT2D eigenvalue weighted by molar-refractivity contribution is 7.90. The fraction of sp³-hybridized carbons (Fsp3) is 0.382. The van der Waals surface area contributed by atoms with Crippen molar-refractivity contribution in [3.63, 3.8) is 0 Å². The second-order valence-electron chi connectivity index (χ2n) is 11.6. The lowest BCUT2D eigenvalue weighted by molar-refractivity contribution is -0.0950. The van der Waals surface area contributed by atoms with Crippen molar-refractivity contribution in [3.8, 4) is 5.75 Å². The smallest absolute Gasteiger partial charge is 0.262 e. The van der Waals surface area contributed by atoms with Gasteiger partial charge in [-0.3, -0.25) is 14.3 Å². The highest BCUT2D eigenvalue weighted by Gasteiger charge is 2.35. The molecule has 3 aromatic carbocycles. The van der Waals surface area contributed by atoms with Gasteiger partial charge in [-0.05, 0) is 60.0 Å². The Balaban J connectivity index is 0.00000400. The topological polar surface area (TPSA) is 87.1 Å². The third kappa shape index (κ3) is 6.80. The third-order valence-corrected chi connectivity index (χ3v) is 9.94. The lowest BCUT2D eigenvalue weighted by Gasteiger charge is -2.36. The second kappa shape index (κ2) is 13.6. The monoisotopic (exact) mass is 656 g/mol. The lowest BCUT2D eigenvalue weighted by atomic mass is 9.86. The SMILES string of the molecule is COC1(c2cc(F)cc(OCCCN3CCc4c(c5cc(S(C)(=O)=O)ccc5n4C(=O)c4ccccc4)C3)c2)CCOCC1.Cl. The molecule has 2 aliphatic heterocycles. The number of hydrogen-bond acceptors (Lipinski definition) is 7. The average Bonchev–Trinajstić information content (AvgIpc) is 3.36. The van der Waals surface area contributed by atoms with E-state index in [1.165, 1.54) is 18.4 Å². The number of benzene rings is 3. The Morgan fingerprint density at radius 2 is 1.80 bits per heavy atom. The molecule has 11 heteroatoms. The summed E-state index contributed by atoms with van der Waals surface area (Å²) in [5.74, 6) is -0.0187. The van der Waals surface area contributed by atoms with Crippen LogP contribution >= 0.6 is 12.4 Å². The van der Waals surface area contributed by atoms with E-state index < -0.39 is 15.4 Å².